The first-order valence-electron chi connectivity index (χ1n) is 6.98. The maximum absolute atomic E-state index is 5.94. The first-order chi connectivity index (χ1) is 10.3. The van der Waals surface area contributed by atoms with Crippen LogP contribution in [0.4, 0.5) is 17.2 Å². The Bertz CT molecular complexity index is 611. The number of piperazine rings is 1. The molecule has 6 nitrogen and oxygen atoms in total. The number of ether oxygens (including phenoxy) is 1. The molecule has 0 amide bonds. The monoisotopic (exact) mass is 285 g/mol. The Balaban J connectivity index is 1.72. The maximum atomic E-state index is 5.94. The zero-order valence-electron chi connectivity index (χ0n) is 12.1. The molecule has 1 aromatic carbocycles. The molecule has 0 radical (unpaired) electrons. The van der Waals surface area contributed by atoms with Gasteiger partial charge in [0.1, 0.15) is 12.1 Å². The molecular weight excluding hydrogens is 266 g/mol. The highest BCUT2D eigenvalue weighted by Gasteiger charge is 2.21. The quantitative estimate of drug-likeness (QED) is 0.919. The van der Waals surface area contributed by atoms with Crippen molar-refractivity contribution in [2.75, 3.05) is 48.8 Å². The number of aromatic nitrogens is 2. The van der Waals surface area contributed by atoms with E-state index in [9.17, 15) is 0 Å². The van der Waals surface area contributed by atoms with E-state index < -0.39 is 0 Å². The van der Waals surface area contributed by atoms with Crippen LogP contribution >= 0.6 is 0 Å². The SMILES string of the molecule is COc1ccccc1N1CCN(c2ncncc2N)CC1. The van der Waals surface area contributed by atoms with Crippen molar-refractivity contribution in [2.45, 2.75) is 0 Å². The molecule has 0 saturated carbocycles. The second-order valence-corrected chi connectivity index (χ2v) is 4.95. The first kappa shape index (κ1) is 13.5. The summed E-state index contributed by atoms with van der Waals surface area (Å²) in [5.74, 6) is 1.73. The summed E-state index contributed by atoms with van der Waals surface area (Å²) in [6.07, 6.45) is 3.19. The van der Waals surface area contributed by atoms with E-state index in [4.69, 9.17) is 10.5 Å². The van der Waals surface area contributed by atoms with E-state index in [2.05, 4.69) is 25.8 Å². The zero-order chi connectivity index (χ0) is 14.7. The fourth-order valence-electron chi connectivity index (χ4n) is 2.65. The molecule has 0 bridgehead atoms. The Morgan fingerprint density at radius 1 is 1.10 bits per heavy atom. The summed E-state index contributed by atoms with van der Waals surface area (Å²) in [6, 6.07) is 8.10. The molecule has 1 aliphatic heterocycles. The van der Waals surface area contributed by atoms with Crippen molar-refractivity contribution in [3.05, 3.63) is 36.8 Å². The molecule has 2 aromatic rings. The van der Waals surface area contributed by atoms with Crippen LogP contribution in [0.1, 0.15) is 0 Å². The van der Waals surface area contributed by atoms with E-state index >= 15 is 0 Å². The van der Waals surface area contributed by atoms with Gasteiger partial charge in [-0.1, -0.05) is 12.1 Å². The highest BCUT2D eigenvalue weighted by molar-refractivity contribution is 5.63. The number of hydrogen-bond acceptors (Lipinski definition) is 6. The third-order valence-electron chi connectivity index (χ3n) is 3.72. The van der Waals surface area contributed by atoms with Gasteiger partial charge in [-0.25, -0.2) is 9.97 Å². The molecule has 0 spiro atoms. The van der Waals surface area contributed by atoms with Crippen molar-refractivity contribution in [1.82, 2.24) is 9.97 Å². The van der Waals surface area contributed by atoms with Gasteiger partial charge < -0.3 is 20.3 Å². The number of rotatable bonds is 3. The van der Waals surface area contributed by atoms with E-state index in [1.807, 2.05) is 18.2 Å². The Morgan fingerprint density at radius 3 is 2.52 bits per heavy atom. The number of para-hydroxylation sites is 2. The van der Waals surface area contributed by atoms with Gasteiger partial charge >= 0.3 is 0 Å². The largest absolute Gasteiger partial charge is 0.495 e. The van der Waals surface area contributed by atoms with Crippen molar-refractivity contribution >= 4 is 17.2 Å². The average molecular weight is 285 g/mol. The highest BCUT2D eigenvalue weighted by Crippen LogP contribution is 2.29. The molecule has 0 aliphatic carbocycles. The second kappa shape index (κ2) is 5.87. The fraction of sp³-hybridized carbons (Fsp3) is 0.333. The normalized spacial score (nSPS) is 15.1. The van der Waals surface area contributed by atoms with Crippen LogP contribution in [0, 0.1) is 0 Å². The summed E-state index contributed by atoms with van der Waals surface area (Å²) in [5, 5.41) is 0. The van der Waals surface area contributed by atoms with Gasteiger partial charge in [-0.05, 0) is 12.1 Å². The molecule has 1 aromatic heterocycles. The van der Waals surface area contributed by atoms with Crippen molar-refractivity contribution in [2.24, 2.45) is 0 Å². The molecule has 21 heavy (non-hydrogen) atoms. The fourth-order valence-corrected chi connectivity index (χ4v) is 2.65. The van der Waals surface area contributed by atoms with Crippen LogP contribution in [0.25, 0.3) is 0 Å². The molecule has 0 atom stereocenters. The average Bonchev–Trinajstić information content (AvgIpc) is 2.55. The van der Waals surface area contributed by atoms with Crippen molar-refractivity contribution in [3.8, 4) is 5.75 Å². The minimum Gasteiger partial charge on any atom is -0.495 e. The van der Waals surface area contributed by atoms with E-state index in [0.717, 1.165) is 43.4 Å². The van der Waals surface area contributed by atoms with Gasteiger partial charge in [0.25, 0.3) is 0 Å². The standard InChI is InChI=1S/C15H19N5O/c1-21-14-5-3-2-4-13(14)19-6-8-20(9-7-19)15-12(16)10-17-11-18-15/h2-5,10-11H,6-9,16H2,1H3. The van der Waals surface area contributed by atoms with Crippen molar-refractivity contribution < 1.29 is 4.74 Å². The molecular formula is C15H19N5O. The topological polar surface area (TPSA) is 67.5 Å². The lowest BCUT2D eigenvalue weighted by molar-refractivity contribution is 0.413. The highest BCUT2D eigenvalue weighted by atomic mass is 16.5. The Kier molecular flexibility index (Phi) is 3.77. The third-order valence-corrected chi connectivity index (χ3v) is 3.72. The van der Waals surface area contributed by atoms with Gasteiger partial charge in [-0.15, -0.1) is 0 Å². The van der Waals surface area contributed by atoms with Gasteiger partial charge in [0.15, 0.2) is 5.82 Å². The number of anilines is 3. The molecule has 0 unspecified atom stereocenters. The minimum absolute atomic E-state index is 0.628. The van der Waals surface area contributed by atoms with E-state index in [-0.39, 0.29) is 0 Å². The van der Waals surface area contributed by atoms with E-state index in [1.165, 1.54) is 6.33 Å². The van der Waals surface area contributed by atoms with E-state index in [0.29, 0.717) is 5.69 Å². The van der Waals surface area contributed by atoms with Crippen LogP contribution in [0.15, 0.2) is 36.8 Å². The van der Waals surface area contributed by atoms with Crippen LogP contribution in [-0.4, -0.2) is 43.3 Å². The van der Waals surface area contributed by atoms with Gasteiger partial charge in [0.05, 0.1) is 24.7 Å². The van der Waals surface area contributed by atoms with Crippen LogP contribution in [-0.2, 0) is 0 Å². The molecule has 1 aliphatic rings. The maximum Gasteiger partial charge on any atom is 0.155 e. The number of methoxy groups -OCH3 is 1. The van der Waals surface area contributed by atoms with Gasteiger partial charge in [-0.3, -0.25) is 0 Å². The number of nitrogens with zero attached hydrogens (tertiary/aromatic N) is 4. The van der Waals surface area contributed by atoms with E-state index in [1.54, 1.807) is 13.3 Å². The molecule has 1 saturated heterocycles. The summed E-state index contributed by atoms with van der Waals surface area (Å²) in [4.78, 5) is 12.7. The molecule has 110 valence electrons. The number of benzene rings is 1. The minimum atomic E-state index is 0.628. The lowest BCUT2D eigenvalue weighted by Gasteiger charge is -2.37. The summed E-state index contributed by atoms with van der Waals surface area (Å²) < 4.78 is 5.43. The number of nitrogens with two attached hydrogens (primary N) is 1. The molecule has 6 heteroatoms. The van der Waals surface area contributed by atoms with Gasteiger partial charge in [0, 0.05) is 26.2 Å². The van der Waals surface area contributed by atoms with Crippen LogP contribution in [0.5, 0.6) is 5.75 Å². The molecule has 2 N–H and O–H groups in total. The summed E-state index contributed by atoms with van der Waals surface area (Å²) in [6.45, 7) is 3.56. The third kappa shape index (κ3) is 2.69. The van der Waals surface area contributed by atoms with Crippen LogP contribution in [0.3, 0.4) is 0 Å². The lowest BCUT2D eigenvalue weighted by atomic mass is 10.2. The zero-order valence-corrected chi connectivity index (χ0v) is 12.1. The van der Waals surface area contributed by atoms with Gasteiger partial charge in [-0.2, -0.15) is 0 Å². The second-order valence-electron chi connectivity index (χ2n) is 4.95. The van der Waals surface area contributed by atoms with Gasteiger partial charge in [0.2, 0.25) is 0 Å². The Labute approximate surface area is 124 Å². The predicted molar refractivity (Wildman–Crippen MR) is 83.9 cm³/mol. The Morgan fingerprint density at radius 2 is 1.81 bits per heavy atom. The number of nitrogen functional groups attached to an aromatic ring is 1. The summed E-state index contributed by atoms with van der Waals surface area (Å²) >= 11 is 0. The molecule has 3 rings (SSSR count). The predicted octanol–water partition coefficient (Wildman–Crippen LogP) is 1.39. The molecule has 1 fully saturated rings. The summed E-state index contributed by atoms with van der Waals surface area (Å²) in [7, 11) is 1.71. The summed E-state index contributed by atoms with van der Waals surface area (Å²) in [5.41, 5.74) is 7.71. The van der Waals surface area contributed by atoms with Crippen LogP contribution in [0.2, 0.25) is 0 Å². The van der Waals surface area contributed by atoms with Crippen molar-refractivity contribution in [1.29, 1.82) is 0 Å². The first-order valence-corrected chi connectivity index (χ1v) is 6.98. The van der Waals surface area contributed by atoms with Crippen molar-refractivity contribution in [3.63, 3.8) is 0 Å². The number of hydrogen-bond donors (Lipinski definition) is 1. The lowest BCUT2D eigenvalue weighted by Crippen LogP contribution is -2.47. The molecule has 2 heterocycles. The van der Waals surface area contributed by atoms with Crippen LogP contribution < -0.4 is 20.3 Å². The Hall–Kier alpha value is -2.50. The smallest absolute Gasteiger partial charge is 0.155 e.